The molecular formula is C11H12FN3S. The Kier molecular flexibility index (Phi) is 4.60. The molecule has 0 heterocycles. The van der Waals surface area contributed by atoms with Gasteiger partial charge in [0.05, 0.1) is 5.71 Å². The molecule has 0 atom stereocenters. The molecule has 0 radical (unpaired) electrons. The van der Waals surface area contributed by atoms with Gasteiger partial charge in [0.25, 0.3) is 0 Å². The number of hydrogen-bond acceptors (Lipinski definition) is 2. The van der Waals surface area contributed by atoms with Crippen LogP contribution in [0.4, 0.5) is 4.39 Å². The number of allylic oxidation sites excluding steroid dienone is 1. The number of benzene rings is 1. The Morgan fingerprint density at radius 1 is 1.50 bits per heavy atom. The zero-order chi connectivity index (χ0) is 12.0. The second-order valence-electron chi connectivity index (χ2n) is 3.08. The van der Waals surface area contributed by atoms with Crippen LogP contribution in [0.2, 0.25) is 0 Å². The quantitative estimate of drug-likeness (QED) is 0.480. The first-order valence-corrected chi connectivity index (χ1v) is 5.03. The fraction of sp³-hybridized carbons (Fsp3) is 0.0909. The SMILES string of the molecule is CC(C=Cc1ccccc1F)=NNC(N)=S. The van der Waals surface area contributed by atoms with Crippen molar-refractivity contribution in [2.24, 2.45) is 10.8 Å². The van der Waals surface area contributed by atoms with E-state index < -0.39 is 0 Å². The van der Waals surface area contributed by atoms with Gasteiger partial charge in [0.2, 0.25) is 0 Å². The Hall–Kier alpha value is -1.75. The van der Waals surface area contributed by atoms with Gasteiger partial charge in [-0.15, -0.1) is 0 Å². The lowest BCUT2D eigenvalue weighted by Gasteiger charge is -1.97. The normalized spacial score (nSPS) is 11.8. The Morgan fingerprint density at radius 3 is 2.81 bits per heavy atom. The van der Waals surface area contributed by atoms with Crippen molar-refractivity contribution < 1.29 is 4.39 Å². The number of thiocarbonyl (C=S) groups is 1. The molecule has 1 aromatic carbocycles. The highest BCUT2D eigenvalue weighted by atomic mass is 32.1. The van der Waals surface area contributed by atoms with Gasteiger partial charge >= 0.3 is 0 Å². The van der Waals surface area contributed by atoms with Crippen LogP contribution >= 0.6 is 12.2 Å². The molecule has 16 heavy (non-hydrogen) atoms. The van der Waals surface area contributed by atoms with E-state index in [0.717, 1.165) is 0 Å². The van der Waals surface area contributed by atoms with Crippen LogP contribution in [0.15, 0.2) is 35.4 Å². The highest BCUT2D eigenvalue weighted by molar-refractivity contribution is 7.80. The van der Waals surface area contributed by atoms with Crippen molar-refractivity contribution in [3.8, 4) is 0 Å². The summed E-state index contributed by atoms with van der Waals surface area (Å²) in [6.07, 6.45) is 3.30. The first-order chi connectivity index (χ1) is 7.59. The first kappa shape index (κ1) is 12.3. The van der Waals surface area contributed by atoms with Gasteiger partial charge in [-0.25, -0.2) is 4.39 Å². The zero-order valence-electron chi connectivity index (χ0n) is 8.77. The van der Waals surface area contributed by atoms with Crippen LogP contribution in [0.1, 0.15) is 12.5 Å². The van der Waals surface area contributed by atoms with Crippen LogP contribution in [0, 0.1) is 5.82 Å². The lowest BCUT2D eigenvalue weighted by atomic mass is 10.2. The Bertz CT molecular complexity index is 441. The minimum atomic E-state index is -0.270. The fourth-order valence-electron chi connectivity index (χ4n) is 1.00. The number of hydrogen-bond donors (Lipinski definition) is 2. The van der Waals surface area contributed by atoms with E-state index in [0.29, 0.717) is 11.3 Å². The summed E-state index contributed by atoms with van der Waals surface area (Å²) >= 11 is 4.59. The Balaban J connectivity index is 2.70. The van der Waals surface area contributed by atoms with Gasteiger partial charge in [-0.1, -0.05) is 24.3 Å². The molecule has 84 valence electrons. The molecule has 0 spiro atoms. The van der Waals surface area contributed by atoms with Crippen molar-refractivity contribution in [2.45, 2.75) is 6.92 Å². The molecule has 0 fully saturated rings. The molecule has 0 aliphatic carbocycles. The molecule has 1 aromatic rings. The molecule has 1 rings (SSSR count). The first-order valence-electron chi connectivity index (χ1n) is 4.62. The third-order valence-corrected chi connectivity index (χ3v) is 1.84. The Labute approximate surface area is 98.8 Å². The predicted molar refractivity (Wildman–Crippen MR) is 68.5 cm³/mol. The molecule has 0 amide bonds. The van der Waals surface area contributed by atoms with Crippen molar-refractivity contribution in [2.75, 3.05) is 0 Å². The maximum Gasteiger partial charge on any atom is 0.184 e. The summed E-state index contributed by atoms with van der Waals surface area (Å²) in [5.74, 6) is -0.270. The number of nitrogens with two attached hydrogens (primary N) is 1. The van der Waals surface area contributed by atoms with E-state index in [1.54, 1.807) is 37.3 Å². The van der Waals surface area contributed by atoms with Crippen LogP contribution in [0.5, 0.6) is 0 Å². The van der Waals surface area contributed by atoms with Crippen molar-refractivity contribution in [1.82, 2.24) is 5.43 Å². The second-order valence-corrected chi connectivity index (χ2v) is 3.52. The minimum absolute atomic E-state index is 0.0960. The molecule has 0 aliphatic rings. The standard InChI is InChI=1S/C11H12FN3S/c1-8(14-15-11(13)16)6-7-9-4-2-3-5-10(9)12/h2-7H,1H3,(H3,13,15,16). The number of rotatable bonds is 3. The number of halogens is 1. The van der Waals surface area contributed by atoms with Gasteiger partial charge in [0, 0.05) is 5.56 Å². The smallest absolute Gasteiger partial charge is 0.184 e. The van der Waals surface area contributed by atoms with E-state index in [-0.39, 0.29) is 10.9 Å². The zero-order valence-corrected chi connectivity index (χ0v) is 9.59. The highest BCUT2D eigenvalue weighted by Crippen LogP contribution is 2.07. The molecule has 0 saturated heterocycles. The molecule has 3 nitrogen and oxygen atoms in total. The average molecular weight is 237 g/mol. The second kappa shape index (κ2) is 5.97. The average Bonchev–Trinajstić information content (AvgIpc) is 2.25. The van der Waals surface area contributed by atoms with Crippen LogP contribution in [-0.2, 0) is 0 Å². The lowest BCUT2D eigenvalue weighted by molar-refractivity contribution is 0.625. The van der Waals surface area contributed by atoms with Crippen molar-refractivity contribution >= 4 is 29.1 Å². The van der Waals surface area contributed by atoms with Gasteiger partial charge < -0.3 is 5.73 Å². The molecule has 5 heteroatoms. The molecule has 3 N–H and O–H groups in total. The van der Waals surface area contributed by atoms with Crippen LogP contribution < -0.4 is 11.2 Å². The van der Waals surface area contributed by atoms with Crippen LogP contribution in [-0.4, -0.2) is 10.8 Å². The summed E-state index contributed by atoms with van der Waals surface area (Å²) in [6.45, 7) is 1.75. The monoisotopic (exact) mass is 237 g/mol. The molecule has 0 bridgehead atoms. The third-order valence-electron chi connectivity index (χ3n) is 1.75. The fourth-order valence-corrected chi connectivity index (χ4v) is 1.05. The van der Waals surface area contributed by atoms with Gasteiger partial charge in [0.1, 0.15) is 5.82 Å². The largest absolute Gasteiger partial charge is 0.375 e. The van der Waals surface area contributed by atoms with E-state index in [1.807, 2.05) is 0 Å². The van der Waals surface area contributed by atoms with E-state index in [2.05, 4.69) is 22.7 Å². The molecule has 0 saturated carbocycles. The molecule has 0 aliphatic heterocycles. The topological polar surface area (TPSA) is 50.4 Å². The predicted octanol–water partition coefficient (Wildman–Crippen LogP) is 2.05. The van der Waals surface area contributed by atoms with Crippen molar-refractivity contribution in [3.05, 3.63) is 41.7 Å². The summed E-state index contributed by atoms with van der Waals surface area (Å²) in [7, 11) is 0. The van der Waals surface area contributed by atoms with Crippen LogP contribution in [0.25, 0.3) is 6.08 Å². The number of nitrogens with one attached hydrogen (secondary N) is 1. The van der Waals surface area contributed by atoms with Crippen molar-refractivity contribution in [3.63, 3.8) is 0 Å². The van der Waals surface area contributed by atoms with Gasteiger partial charge in [0.15, 0.2) is 5.11 Å². The van der Waals surface area contributed by atoms with E-state index in [1.165, 1.54) is 6.07 Å². The maximum atomic E-state index is 13.2. The third kappa shape index (κ3) is 4.18. The number of nitrogens with zero attached hydrogens (tertiary/aromatic N) is 1. The highest BCUT2D eigenvalue weighted by Gasteiger charge is 1.94. The molecule has 0 aromatic heterocycles. The summed E-state index contributed by atoms with van der Waals surface area (Å²) < 4.78 is 13.2. The van der Waals surface area contributed by atoms with Gasteiger partial charge in [-0.05, 0) is 31.3 Å². The van der Waals surface area contributed by atoms with Gasteiger partial charge in [-0.2, -0.15) is 5.10 Å². The number of hydrazone groups is 1. The molecular weight excluding hydrogens is 225 g/mol. The van der Waals surface area contributed by atoms with Gasteiger partial charge in [-0.3, -0.25) is 5.43 Å². The minimum Gasteiger partial charge on any atom is -0.375 e. The summed E-state index contributed by atoms with van der Waals surface area (Å²) in [6, 6.07) is 6.49. The lowest BCUT2D eigenvalue weighted by Crippen LogP contribution is -2.24. The van der Waals surface area contributed by atoms with E-state index in [9.17, 15) is 4.39 Å². The molecule has 0 unspecified atom stereocenters. The Morgan fingerprint density at radius 2 is 2.19 bits per heavy atom. The van der Waals surface area contributed by atoms with Crippen LogP contribution in [0.3, 0.4) is 0 Å². The van der Waals surface area contributed by atoms with E-state index >= 15 is 0 Å². The summed E-state index contributed by atoms with van der Waals surface area (Å²) in [5, 5.41) is 3.96. The summed E-state index contributed by atoms with van der Waals surface area (Å²) in [4.78, 5) is 0. The maximum absolute atomic E-state index is 13.2. The summed E-state index contributed by atoms with van der Waals surface area (Å²) in [5.41, 5.74) is 8.81. The van der Waals surface area contributed by atoms with Crippen molar-refractivity contribution in [1.29, 1.82) is 0 Å². The van der Waals surface area contributed by atoms with E-state index in [4.69, 9.17) is 5.73 Å².